The molecule has 3 saturated heterocycles. The summed E-state index contributed by atoms with van der Waals surface area (Å²) in [6, 6.07) is 24.5. The summed E-state index contributed by atoms with van der Waals surface area (Å²) in [5.41, 5.74) is 5.16. The van der Waals surface area contributed by atoms with E-state index in [-0.39, 0.29) is 47.2 Å². The number of rotatable bonds is 15. The molecule has 11 rings (SSSR count). The van der Waals surface area contributed by atoms with E-state index in [0.717, 1.165) is 88.6 Å². The molecule has 5 aliphatic heterocycles. The zero-order valence-electron chi connectivity index (χ0n) is 46.6. The molecule has 18 nitrogen and oxygen atoms in total. The SMILES string of the molecule is Cc1c(OCCCC[C@H]2CCCN(CC(=O)N3CCN(c4cc5c(cc4F)C(=O)N(C4CCC(=O)NC4=O)C5=O)CC3)C2)cccc1-c1ccc(N2CCc3cccc(C(=O)Nc4nc5ccccc5s4)c3C2)nc1C(=O)OC(C)(C)C. The van der Waals surface area contributed by atoms with Gasteiger partial charge in [-0.15, -0.1) is 0 Å². The molecular formula is C62H66FN9O9S. The van der Waals surface area contributed by atoms with Crippen molar-refractivity contribution in [2.75, 3.05) is 74.1 Å². The van der Waals surface area contributed by atoms with E-state index in [0.29, 0.717) is 92.6 Å². The molecule has 0 aliphatic carbocycles. The molecule has 2 N–H and O–H groups in total. The Morgan fingerprint density at radius 2 is 1.59 bits per heavy atom. The van der Waals surface area contributed by atoms with Gasteiger partial charge >= 0.3 is 5.97 Å². The molecule has 0 radical (unpaired) electrons. The average molecular weight is 1130 g/mol. The number of hydrogen-bond donors (Lipinski definition) is 2. The number of carbonyl (C=O) groups is 7. The first-order chi connectivity index (χ1) is 39.5. The maximum atomic E-state index is 15.6. The number of fused-ring (bicyclic) bond motifs is 3. The fraction of sp³-hybridized carbons (Fsp3) is 0.403. The third kappa shape index (κ3) is 11.8. The van der Waals surface area contributed by atoms with Crippen molar-refractivity contribution in [3.8, 4) is 16.9 Å². The first kappa shape index (κ1) is 55.8. The van der Waals surface area contributed by atoms with Crippen LogP contribution in [0.2, 0.25) is 0 Å². The molecule has 0 spiro atoms. The normalized spacial score (nSPS) is 18.6. The van der Waals surface area contributed by atoms with E-state index in [4.69, 9.17) is 14.5 Å². The summed E-state index contributed by atoms with van der Waals surface area (Å²) in [6.45, 7) is 12.4. The van der Waals surface area contributed by atoms with Crippen LogP contribution in [0.5, 0.6) is 5.75 Å². The lowest BCUT2D eigenvalue weighted by molar-refractivity contribution is -0.136. The molecule has 0 bridgehead atoms. The van der Waals surface area contributed by atoms with E-state index in [2.05, 4.69) is 31.5 Å². The lowest BCUT2D eigenvalue weighted by Crippen LogP contribution is -2.54. The second kappa shape index (κ2) is 23.4. The highest BCUT2D eigenvalue weighted by Gasteiger charge is 2.45. The zero-order chi connectivity index (χ0) is 57.4. The molecule has 426 valence electrons. The summed E-state index contributed by atoms with van der Waals surface area (Å²) in [6.07, 6.45) is 5.53. The minimum atomic E-state index is -1.15. The largest absolute Gasteiger partial charge is 0.493 e. The van der Waals surface area contributed by atoms with Gasteiger partial charge in [-0.05, 0) is 156 Å². The molecule has 3 fully saturated rings. The summed E-state index contributed by atoms with van der Waals surface area (Å²) < 4.78 is 29.0. The van der Waals surface area contributed by atoms with Gasteiger partial charge in [-0.1, -0.05) is 47.7 Å². The molecule has 82 heavy (non-hydrogen) atoms. The quantitative estimate of drug-likeness (QED) is 0.0562. The van der Waals surface area contributed by atoms with Gasteiger partial charge in [0.2, 0.25) is 17.7 Å². The molecule has 20 heteroatoms. The Morgan fingerprint density at radius 1 is 0.805 bits per heavy atom. The number of esters is 1. The number of ether oxygens (including phenoxy) is 2. The van der Waals surface area contributed by atoms with Crippen molar-refractivity contribution < 1.29 is 47.4 Å². The third-order valence-electron chi connectivity index (χ3n) is 16.1. The molecule has 6 amide bonds. The van der Waals surface area contributed by atoms with Gasteiger partial charge in [-0.3, -0.25) is 49.2 Å². The first-order valence-corrected chi connectivity index (χ1v) is 29.1. The minimum absolute atomic E-state index is 0.00552. The molecule has 1 unspecified atom stereocenters. The highest BCUT2D eigenvalue weighted by Crippen LogP contribution is 2.37. The average Bonchev–Trinajstić information content (AvgIpc) is 4.15. The summed E-state index contributed by atoms with van der Waals surface area (Å²) >= 11 is 1.43. The molecule has 7 heterocycles. The topological polar surface area (TPSA) is 204 Å². The van der Waals surface area contributed by atoms with Crippen LogP contribution >= 0.6 is 11.3 Å². The highest BCUT2D eigenvalue weighted by molar-refractivity contribution is 7.22. The molecular weight excluding hydrogens is 1070 g/mol. The molecule has 0 saturated carbocycles. The van der Waals surface area contributed by atoms with Crippen LogP contribution in [0.15, 0.2) is 84.9 Å². The highest BCUT2D eigenvalue weighted by atomic mass is 32.1. The van der Waals surface area contributed by atoms with Gasteiger partial charge in [-0.2, -0.15) is 0 Å². The number of nitrogens with one attached hydrogen (secondary N) is 2. The van der Waals surface area contributed by atoms with Crippen molar-refractivity contribution in [1.29, 1.82) is 0 Å². The fourth-order valence-corrected chi connectivity index (χ4v) is 12.8. The van der Waals surface area contributed by atoms with Crippen LogP contribution in [-0.4, -0.2) is 137 Å². The second-order valence-corrected chi connectivity index (χ2v) is 23.8. The van der Waals surface area contributed by atoms with Crippen molar-refractivity contribution in [3.05, 3.63) is 130 Å². The minimum Gasteiger partial charge on any atom is -0.493 e. The Bertz CT molecular complexity index is 3500. The molecule has 5 aliphatic rings. The van der Waals surface area contributed by atoms with Crippen LogP contribution in [0.4, 0.5) is 21.0 Å². The predicted molar refractivity (Wildman–Crippen MR) is 309 cm³/mol. The van der Waals surface area contributed by atoms with Crippen LogP contribution in [0.1, 0.15) is 124 Å². The number of thiazole rings is 1. The smallest absolute Gasteiger partial charge is 0.358 e. The lowest BCUT2D eigenvalue weighted by atomic mass is 9.93. The standard InChI is InChI=1S/C62H66FN9O9S/c1-37-40(41-20-22-52(65-55(41)60(79)81-62(2,3)4)71-26-24-39-14-9-16-42(45(39)35-71)56(75)67-61-64-47-17-5-6-19-51(47)82-61)15-10-18-50(37)80-31-8-7-12-38-13-11-25-68(34-38)36-54(74)70-29-27-69(28-30-70)49-33-44-43(32-46(49)63)58(77)72(59(44)78)48-21-23-53(73)66-57(48)76/h5-6,9-10,14-20,22,32-33,38,48H,7-8,11-13,21,23-31,34-36H2,1-4H3,(H,64,67,75)(H,66,73,76)/t38-,48?/m0/s1. The van der Waals surface area contributed by atoms with Crippen molar-refractivity contribution in [3.63, 3.8) is 0 Å². The van der Waals surface area contributed by atoms with Crippen LogP contribution < -0.4 is 25.2 Å². The lowest BCUT2D eigenvalue weighted by Gasteiger charge is -2.38. The van der Waals surface area contributed by atoms with E-state index >= 15 is 4.39 Å². The molecule has 2 aromatic heterocycles. The third-order valence-corrected chi connectivity index (χ3v) is 17.1. The Morgan fingerprint density at radius 3 is 2.37 bits per heavy atom. The van der Waals surface area contributed by atoms with E-state index < -0.39 is 47.1 Å². The number of likely N-dealkylation sites (tertiary alicyclic amines) is 1. The van der Waals surface area contributed by atoms with Crippen molar-refractivity contribution in [2.24, 2.45) is 5.92 Å². The van der Waals surface area contributed by atoms with Gasteiger partial charge in [-0.25, -0.2) is 19.2 Å². The van der Waals surface area contributed by atoms with Gasteiger partial charge in [0.05, 0.1) is 40.2 Å². The van der Waals surface area contributed by atoms with Crippen molar-refractivity contribution in [2.45, 2.75) is 97.2 Å². The van der Waals surface area contributed by atoms with E-state index in [1.807, 2.05) is 94.4 Å². The summed E-state index contributed by atoms with van der Waals surface area (Å²) in [5, 5.41) is 5.73. The first-order valence-electron chi connectivity index (χ1n) is 28.3. The number of benzene rings is 4. The van der Waals surface area contributed by atoms with Crippen molar-refractivity contribution >= 4 is 79.6 Å². The number of anilines is 3. The molecule has 4 aromatic carbocycles. The van der Waals surface area contributed by atoms with E-state index in [1.165, 1.54) is 17.4 Å². The number of hydrogen-bond acceptors (Lipinski definition) is 15. The second-order valence-electron chi connectivity index (χ2n) is 22.8. The van der Waals surface area contributed by atoms with Crippen LogP contribution in [0, 0.1) is 18.7 Å². The number of aromatic nitrogens is 2. The number of carbonyl (C=O) groups excluding carboxylic acids is 7. The Hall–Kier alpha value is -8.10. The Labute approximate surface area is 478 Å². The predicted octanol–water partition coefficient (Wildman–Crippen LogP) is 8.59. The van der Waals surface area contributed by atoms with Crippen LogP contribution in [0.25, 0.3) is 21.3 Å². The number of nitrogens with zero attached hydrogens (tertiary/aromatic N) is 7. The van der Waals surface area contributed by atoms with Gasteiger partial charge in [0.15, 0.2) is 10.8 Å². The van der Waals surface area contributed by atoms with Gasteiger partial charge < -0.3 is 24.2 Å². The number of pyridine rings is 1. The van der Waals surface area contributed by atoms with Crippen LogP contribution in [-0.2, 0) is 32.1 Å². The van der Waals surface area contributed by atoms with Gasteiger partial charge in [0.25, 0.3) is 17.7 Å². The van der Waals surface area contributed by atoms with E-state index in [1.54, 1.807) is 9.80 Å². The van der Waals surface area contributed by atoms with Gasteiger partial charge in [0, 0.05) is 63.4 Å². The number of halogens is 1. The number of piperazine rings is 1. The maximum absolute atomic E-state index is 15.6. The van der Waals surface area contributed by atoms with Gasteiger partial charge in [0.1, 0.15) is 29.0 Å². The molecule has 2 atom stereocenters. The monoisotopic (exact) mass is 1130 g/mol. The summed E-state index contributed by atoms with van der Waals surface area (Å²) in [5.74, 6) is -2.35. The molecule has 6 aromatic rings. The Balaban J connectivity index is 0.669. The Kier molecular flexibility index (Phi) is 15.9. The summed E-state index contributed by atoms with van der Waals surface area (Å²) in [7, 11) is 0. The fourth-order valence-electron chi connectivity index (χ4n) is 11.9. The maximum Gasteiger partial charge on any atom is 0.358 e. The zero-order valence-corrected chi connectivity index (χ0v) is 47.4. The number of unbranched alkanes of at least 4 members (excludes halogenated alkanes) is 1. The number of piperidine rings is 2. The number of imide groups is 2. The number of para-hydroxylation sites is 1. The van der Waals surface area contributed by atoms with Crippen LogP contribution in [0.3, 0.4) is 0 Å². The summed E-state index contributed by atoms with van der Waals surface area (Å²) in [4.78, 5) is 111. The van der Waals surface area contributed by atoms with Crippen molar-refractivity contribution in [1.82, 2.24) is 30.0 Å². The van der Waals surface area contributed by atoms with E-state index in [9.17, 15) is 33.6 Å². The number of amides is 6.